The Morgan fingerprint density at radius 1 is 0.923 bits per heavy atom. The van der Waals surface area contributed by atoms with Crippen LogP contribution in [0.25, 0.3) is 21.7 Å². The molecule has 6 nitrogen and oxygen atoms in total. The topological polar surface area (TPSA) is 78.1 Å². The molecule has 3 aromatic rings. The lowest BCUT2D eigenvalue weighted by molar-refractivity contribution is 0.0544. The van der Waals surface area contributed by atoms with Gasteiger partial charge in [-0.2, -0.15) is 0 Å². The van der Waals surface area contributed by atoms with Crippen LogP contribution < -0.4 is 10.4 Å². The molecule has 0 radical (unpaired) electrons. The number of methoxy groups -OCH3 is 1. The average molecular weight is 360 g/mol. The molecule has 0 bridgehead atoms. The fourth-order valence-electron chi connectivity index (χ4n) is 2.45. The van der Waals surface area contributed by atoms with Gasteiger partial charge in [0.05, 0.1) is 25.2 Å². The highest BCUT2D eigenvalue weighted by Crippen LogP contribution is 2.28. The van der Waals surface area contributed by atoms with Crippen molar-refractivity contribution < 1.29 is 23.7 Å². The van der Waals surface area contributed by atoms with Crippen molar-refractivity contribution >= 4 is 21.7 Å². The van der Waals surface area contributed by atoms with Gasteiger partial charge < -0.3 is 23.7 Å². The van der Waals surface area contributed by atoms with Crippen LogP contribution in [0.3, 0.4) is 0 Å². The zero-order chi connectivity index (χ0) is 18.9. The molecule has 1 N–H and O–H groups in total. The number of hydrogen-bond donors (Lipinski definition) is 1. The maximum Gasteiger partial charge on any atom is 0.344 e. The molecule has 0 aliphatic heterocycles. The van der Waals surface area contributed by atoms with Gasteiger partial charge >= 0.3 is 5.63 Å². The van der Waals surface area contributed by atoms with E-state index in [4.69, 9.17) is 18.6 Å². The molecule has 26 heavy (non-hydrogen) atoms. The predicted octanol–water partition coefficient (Wildman–Crippen LogP) is 3.72. The third-order valence-corrected chi connectivity index (χ3v) is 3.60. The first-order valence-corrected chi connectivity index (χ1v) is 8.58. The first-order valence-electron chi connectivity index (χ1n) is 8.58. The molecule has 0 aliphatic rings. The van der Waals surface area contributed by atoms with Gasteiger partial charge in [-0.05, 0) is 30.3 Å². The van der Waals surface area contributed by atoms with Crippen molar-refractivity contribution in [2.75, 3.05) is 33.5 Å². The van der Waals surface area contributed by atoms with Crippen molar-refractivity contribution in [2.24, 2.45) is 0 Å². The SMILES string of the molecule is CC.COCCOCCOc1ccc2c(c1)c(=O)oc1cc(O)ccc12. The van der Waals surface area contributed by atoms with Gasteiger partial charge in [0, 0.05) is 23.9 Å². The van der Waals surface area contributed by atoms with Crippen molar-refractivity contribution in [1.29, 1.82) is 0 Å². The van der Waals surface area contributed by atoms with Crippen molar-refractivity contribution in [2.45, 2.75) is 13.8 Å². The Hall–Kier alpha value is -2.57. The van der Waals surface area contributed by atoms with Gasteiger partial charge in [0.2, 0.25) is 0 Å². The van der Waals surface area contributed by atoms with Gasteiger partial charge in [-0.3, -0.25) is 0 Å². The molecule has 0 spiro atoms. The average Bonchev–Trinajstić information content (AvgIpc) is 2.66. The van der Waals surface area contributed by atoms with Gasteiger partial charge in [0.25, 0.3) is 0 Å². The first-order chi connectivity index (χ1) is 12.7. The Balaban J connectivity index is 0.00000117. The predicted molar refractivity (Wildman–Crippen MR) is 101 cm³/mol. The summed E-state index contributed by atoms with van der Waals surface area (Å²) < 4.78 is 21.1. The van der Waals surface area contributed by atoms with E-state index in [-0.39, 0.29) is 5.75 Å². The molecule has 2 aromatic carbocycles. The monoisotopic (exact) mass is 360 g/mol. The molecule has 0 aliphatic carbocycles. The minimum atomic E-state index is -0.468. The lowest BCUT2D eigenvalue weighted by atomic mass is 10.1. The van der Waals surface area contributed by atoms with Crippen LogP contribution in [-0.2, 0) is 9.47 Å². The largest absolute Gasteiger partial charge is 0.508 e. The van der Waals surface area contributed by atoms with E-state index in [1.165, 1.54) is 6.07 Å². The number of fused-ring (bicyclic) bond motifs is 3. The second kappa shape index (κ2) is 9.79. The zero-order valence-corrected chi connectivity index (χ0v) is 15.3. The number of aromatic hydroxyl groups is 1. The molecule has 0 unspecified atom stereocenters. The Morgan fingerprint density at radius 3 is 2.42 bits per heavy atom. The molecule has 0 fully saturated rings. The van der Waals surface area contributed by atoms with Crippen LogP contribution in [0.4, 0.5) is 0 Å². The number of hydrogen-bond acceptors (Lipinski definition) is 6. The molecule has 1 heterocycles. The van der Waals surface area contributed by atoms with Crippen molar-refractivity contribution in [3.8, 4) is 11.5 Å². The second-order valence-electron chi connectivity index (χ2n) is 5.23. The van der Waals surface area contributed by atoms with Gasteiger partial charge in [0.1, 0.15) is 23.7 Å². The number of ether oxygens (including phenoxy) is 3. The quantitative estimate of drug-likeness (QED) is 0.393. The Kier molecular flexibility index (Phi) is 7.44. The second-order valence-corrected chi connectivity index (χ2v) is 5.23. The number of rotatable bonds is 7. The number of phenols is 1. The molecule has 0 saturated carbocycles. The zero-order valence-electron chi connectivity index (χ0n) is 15.3. The number of phenolic OH excluding ortho intramolecular Hbond substituents is 1. The maximum atomic E-state index is 12.2. The summed E-state index contributed by atoms with van der Waals surface area (Å²) in [6.45, 7) is 5.87. The maximum absolute atomic E-state index is 12.2. The smallest absolute Gasteiger partial charge is 0.344 e. The summed E-state index contributed by atoms with van der Waals surface area (Å²) in [6.07, 6.45) is 0. The van der Waals surface area contributed by atoms with Crippen LogP contribution in [0.2, 0.25) is 0 Å². The lowest BCUT2D eigenvalue weighted by Gasteiger charge is -2.08. The highest BCUT2D eigenvalue weighted by Gasteiger charge is 2.09. The summed E-state index contributed by atoms with van der Waals surface area (Å²) in [6, 6.07) is 9.97. The molecule has 140 valence electrons. The minimum Gasteiger partial charge on any atom is -0.508 e. The summed E-state index contributed by atoms with van der Waals surface area (Å²) in [4.78, 5) is 12.2. The summed E-state index contributed by atoms with van der Waals surface area (Å²) in [5.41, 5.74) is -0.113. The molecular weight excluding hydrogens is 336 g/mol. The highest BCUT2D eigenvalue weighted by atomic mass is 16.5. The van der Waals surface area contributed by atoms with Crippen LogP contribution >= 0.6 is 0 Å². The summed E-state index contributed by atoms with van der Waals surface area (Å²) >= 11 is 0. The van der Waals surface area contributed by atoms with Crippen molar-refractivity contribution in [3.05, 3.63) is 46.8 Å². The third-order valence-electron chi connectivity index (χ3n) is 3.60. The fourth-order valence-corrected chi connectivity index (χ4v) is 2.45. The fraction of sp³-hybridized carbons (Fsp3) is 0.350. The van der Waals surface area contributed by atoms with Gasteiger partial charge in [-0.1, -0.05) is 13.8 Å². The molecule has 0 amide bonds. The van der Waals surface area contributed by atoms with Crippen molar-refractivity contribution in [1.82, 2.24) is 0 Å². The van der Waals surface area contributed by atoms with Gasteiger partial charge in [0.15, 0.2) is 0 Å². The van der Waals surface area contributed by atoms with E-state index >= 15 is 0 Å². The molecule has 0 saturated heterocycles. The standard InChI is InChI=1S/C18H18O6.C2H6/c1-21-6-7-22-8-9-23-13-3-5-14-15-4-2-12(19)10-17(15)24-18(20)16(14)11-13;1-2/h2-5,10-11,19H,6-9H2,1H3;1-2H3. The molecular formula is C20H24O6. The molecule has 6 heteroatoms. The summed E-state index contributed by atoms with van der Waals surface area (Å²) in [5.74, 6) is 0.627. The minimum absolute atomic E-state index is 0.0541. The van der Waals surface area contributed by atoms with E-state index in [1.807, 2.05) is 19.9 Å². The van der Waals surface area contributed by atoms with E-state index in [0.29, 0.717) is 43.1 Å². The van der Waals surface area contributed by atoms with Crippen LogP contribution in [0.5, 0.6) is 11.5 Å². The number of benzene rings is 2. The normalized spacial score (nSPS) is 10.6. The van der Waals surface area contributed by atoms with Gasteiger partial charge in [-0.15, -0.1) is 0 Å². The molecule has 0 atom stereocenters. The highest BCUT2D eigenvalue weighted by molar-refractivity contribution is 6.04. The van der Waals surface area contributed by atoms with E-state index in [9.17, 15) is 9.90 Å². The van der Waals surface area contributed by atoms with E-state index in [2.05, 4.69) is 0 Å². The van der Waals surface area contributed by atoms with Crippen LogP contribution in [0.15, 0.2) is 45.6 Å². The van der Waals surface area contributed by atoms with Crippen LogP contribution in [0.1, 0.15) is 13.8 Å². The Morgan fingerprint density at radius 2 is 1.65 bits per heavy atom. The first kappa shape index (κ1) is 19.8. The van der Waals surface area contributed by atoms with E-state index in [0.717, 1.165) is 10.8 Å². The third kappa shape index (κ3) is 4.74. The Labute approximate surface area is 151 Å². The molecule has 1 aromatic heterocycles. The van der Waals surface area contributed by atoms with Gasteiger partial charge in [-0.25, -0.2) is 4.79 Å². The van der Waals surface area contributed by atoms with Crippen LogP contribution in [0, 0.1) is 0 Å². The Bertz CT molecular complexity index is 900. The summed E-state index contributed by atoms with van der Waals surface area (Å²) in [7, 11) is 1.62. The van der Waals surface area contributed by atoms with Crippen molar-refractivity contribution in [3.63, 3.8) is 0 Å². The summed E-state index contributed by atoms with van der Waals surface area (Å²) in [5, 5.41) is 11.5. The van der Waals surface area contributed by atoms with Crippen LogP contribution in [-0.4, -0.2) is 38.6 Å². The van der Waals surface area contributed by atoms with E-state index < -0.39 is 5.63 Å². The molecule has 3 rings (SSSR count). The van der Waals surface area contributed by atoms with E-state index in [1.54, 1.807) is 31.4 Å². The lowest BCUT2D eigenvalue weighted by Crippen LogP contribution is -2.10.